The van der Waals surface area contributed by atoms with Crippen LogP contribution in [0.3, 0.4) is 0 Å². The standard InChI is InChI=1S/C20H18Cl2N4O2/c1-2-9-28-16-7-4-13(5-8-16)18-11-19(25-24-18)20(27)26-23-12-14-3-6-15(21)10-17(14)22/h3-8,10-12H,2,9H2,1H3,(H,24,25)(H,26,27)/b23-12-. The van der Waals surface area contributed by atoms with Crippen LogP contribution in [0.4, 0.5) is 0 Å². The largest absolute Gasteiger partial charge is 0.494 e. The van der Waals surface area contributed by atoms with E-state index in [1.54, 1.807) is 24.3 Å². The number of ether oxygens (including phenoxy) is 1. The predicted octanol–water partition coefficient (Wildman–Crippen LogP) is 4.94. The SMILES string of the molecule is CCCOc1ccc(-c2cc(C(=O)N/N=C\c3ccc(Cl)cc3Cl)[nH]n2)cc1. The quantitative estimate of drug-likeness (QED) is 0.422. The van der Waals surface area contributed by atoms with Crippen molar-refractivity contribution in [2.45, 2.75) is 13.3 Å². The first-order chi connectivity index (χ1) is 13.6. The van der Waals surface area contributed by atoms with Crippen LogP contribution in [0.2, 0.25) is 10.0 Å². The van der Waals surface area contributed by atoms with Crippen molar-refractivity contribution in [3.05, 3.63) is 69.8 Å². The van der Waals surface area contributed by atoms with Crippen LogP contribution in [0.15, 0.2) is 53.6 Å². The van der Waals surface area contributed by atoms with E-state index in [-0.39, 0.29) is 0 Å². The van der Waals surface area contributed by atoms with Gasteiger partial charge in [-0.25, -0.2) is 5.43 Å². The van der Waals surface area contributed by atoms with Gasteiger partial charge in [-0.2, -0.15) is 10.2 Å². The van der Waals surface area contributed by atoms with E-state index in [0.717, 1.165) is 17.7 Å². The van der Waals surface area contributed by atoms with Gasteiger partial charge in [0, 0.05) is 16.1 Å². The van der Waals surface area contributed by atoms with Gasteiger partial charge < -0.3 is 4.74 Å². The number of carbonyl (C=O) groups excluding carboxylic acids is 1. The van der Waals surface area contributed by atoms with Crippen molar-refractivity contribution in [1.82, 2.24) is 15.6 Å². The third-order valence-corrected chi connectivity index (χ3v) is 4.34. The van der Waals surface area contributed by atoms with E-state index in [9.17, 15) is 4.79 Å². The highest BCUT2D eigenvalue weighted by Crippen LogP contribution is 2.22. The van der Waals surface area contributed by atoms with Crippen LogP contribution >= 0.6 is 23.2 Å². The average Bonchev–Trinajstić information content (AvgIpc) is 3.19. The van der Waals surface area contributed by atoms with Gasteiger partial charge >= 0.3 is 0 Å². The van der Waals surface area contributed by atoms with Crippen LogP contribution < -0.4 is 10.2 Å². The molecule has 0 unspecified atom stereocenters. The van der Waals surface area contributed by atoms with E-state index in [2.05, 4.69) is 27.6 Å². The lowest BCUT2D eigenvalue weighted by Crippen LogP contribution is -2.18. The Bertz CT molecular complexity index is 984. The van der Waals surface area contributed by atoms with Gasteiger partial charge in [0.2, 0.25) is 0 Å². The van der Waals surface area contributed by atoms with Crippen molar-refractivity contribution < 1.29 is 9.53 Å². The van der Waals surface area contributed by atoms with Gasteiger partial charge in [0.05, 0.1) is 23.5 Å². The summed E-state index contributed by atoms with van der Waals surface area (Å²) in [5.74, 6) is 0.386. The summed E-state index contributed by atoms with van der Waals surface area (Å²) in [4.78, 5) is 12.2. The molecular weight excluding hydrogens is 399 g/mol. The molecule has 8 heteroatoms. The van der Waals surface area contributed by atoms with E-state index < -0.39 is 5.91 Å². The Morgan fingerprint density at radius 2 is 2.00 bits per heavy atom. The van der Waals surface area contributed by atoms with Gasteiger partial charge in [-0.3, -0.25) is 9.89 Å². The van der Waals surface area contributed by atoms with Crippen LogP contribution in [0.1, 0.15) is 29.4 Å². The van der Waals surface area contributed by atoms with Gasteiger partial charge in [0.15, 0.2) is 0 Å². The second-order valence-electron chi connectivity index (χ2n) is 5.90. The fraction of sp³-hybridized carbons (Fsp3) is 0.150. The summed E-state index contributed by atoms with van der Waals surface area (Å²) >= 11 is 11.9. The molecule has 0 saturated carbocycles. The molecule has 0 aliphatic heterocycles. The van der Waals surface area contributed by atoms with E-state index in [0.29, 0.717) is 33.6 Å². The summed E-state index contributed by atoms with van der Waals surface area (Å²) in [6.07, 6.45) is 2.40. The normalized spacial score (nSPS) is 11.0. The fourth-order valence-corrected chi connectivity index (χ4v) is 2.81. The van der Waals surface area contributed by atoms with Crippen molar-refractivity contribution in [3.63, 3.8) is 0 Å². The molecule has 6 nitrogen and oxygen atoms in total. The van der Waals surface area contributed by atoms with Gasteiger partial charge in [-0.15, -0.1) is 0 Å². The summed E-state index contributed by atoms with van der Waals surface area (Å²) in [5.41, 5.74) is 4.89. The summed E-state index contributed by atoms with van der Waals surface area (Å²) in [5, 5.41) is 11.8. The molecule has 0 aliphatic carbocycles. The van der Waals surface area contributed by atoms with Crippen LogP contribution in [-0.2, 0) is 0 Å². The number of carbonyl (C=O) groups is 1. The molecule has 1 amide bonds. The highest BCUT2D eigenvalue weighted by atomic mass is 35.5. The first-order valence-electron chi connectivity index (χ1n) is 8.64. The highest BCUT2D eigenvalue weighted by molar-refractivity contribution is 6.36. The molecule has 3 aromatic rings. The molecule has 0 spiro atoms. The first kappa shape index (κ1) is 19.9. The van der Waals surface area contributed by atoms with Crippen molar-refractivity contribution in [2.24, 2.45) is 5.10 Å². The molecule has 0 fully saturated rings. The minimum atomic E-state index is -0.414. The first-order valence-corrected chi connectivity index (χ1v) is 9.39. The van der Waals surface area contributed by atoms with Crippen LogP contribution in [0, 0.1) is 0 Å². The maximum atomic E-state index is 12.2. The molecular formula is C20H18Cl2N4O2. The summed E-state index contributed by atoms with van der Waals surface area (Å²) in [6, 6.07) is 14.2. The van der Waals surface area contributed by atoms with Gasteiger partial charge in [0.1, 0.15) is 11.4 Å². The van der Waals surface area contributed by atoms with Crippen molar-refractivity contribution >= 4 is 35.3 Å². The average molecular weight is 417 g/mol. The van der Waals surface area contributed by atoms with Gasteiger partial charge in [-0.05, 0) is 48.9 Å². The zero-order chi connectivity index (χ0) is 19.9. The van der Waals surface area contributed by atoms with Crippen molar-refractivity contribution in [2.75, 3.05) is 6.61 Å². The molecule has 0 radical (unpaired) electrons. The highest BCUT2D eigenvalue weighted by Gasteiger charge is 2.10. The Kier molecular flexibility index (Phi) is 6.68. The lowest BCUT2D eigenvalue weighted by molar-refractivity contribution is 0.0950. The Morgan fingerprint density at radius 3 is 2.71 bits per heavy atom. The zero-order valence-electron chi connectivity index (χ0n) is 15.1. The number of rotatable bonds is 7. The molecule has 0 bridgehead atoms. The number of H-pyrrole nitrogens is 1. The number of nitrogens with zero attached hydrogens (tertiary/aromatic N) is 2. The molecule has 2 aromatic carbocycles. The lowest BCUT2D eigenvalue weighted by atomic mass is 10.1. The minimum absolute atomic E-state index is 0.292. The third kappa shape index (κ3) is 5.12. The molecule has 0 atom stereocenters. The third-order valence-electron chi connectivity index (χ3n) is 3.78. The van der Waals surface area contributed by atoms with E-state index in [1.807, 2.05) is 24.3 Å². The minimum Gasteiger partial charge on any atom is -0.494 e. The van der Waals surface area contributed by atoms with Crippen LogP contribution in [0.5, 0.6) is 5.75 Å². The topological polar surface area (TPSA) is 79.4 Å². The Morgan fingerprint density at radius 1 is 1.21 bits per heavy atom. The maximum absolute atomic E-state index is 12.2. The van der Waals surface area contributed by atoms with Gasteiger partial charge in [-0.1, -0.05) is 36.2 Å². The Balaban J connectivity index is 1.62. The summed E-state index contributed by atoms with van der Waals surface area (Å²) < 4.78 is 5.56. The second-order valence-corrected chi connectivity index (χ2v) is 6.75. The van der Waals surface area contributed by atoms with Gasteiger partial charge in [0.25, 0.3) is 5.91 Å². The number of nitrogens with one attached hydrogen (secondary N) is 2. The predicted molar refractivity (Wildman–Crippen MR) is 111 cm³/mol. The number of aromatic amines is 1. The molecule has 1 aromatic heterocycles. The summed E-state index contributed by atoms with van der Waals surface area (Å²) in [6.45, 7) is 2.73. The fourth-order valence-electron chi connectivity index (χ4n) is 2.35. The monoisotopic (exact) mass is 416 g/mol. The number of hydrazone groups is 1. The van der Waals surface area contributed by atoms with E-state index >= 15 is 0 Å². The molecule has 3 rings (SSSR count). The second kappa shape index (κ2) is 9.39. The molecule has 0 aliphatic rings. The van der Waals surface area contributed by atoms with Crippen molar-refractivity contribution in [1.29, 1.82) is 0 Å². The molecule has 28 heavy (non-hydrogen) atoms. The Hall–Kier alpha value is -2.83. The number of halogens is 2. The van der Waals surface area contributed by atoms with Crippen LogP contribution in [0.25, 0.3) is 11.3 Å². The smallest absolute Gasteiger partial charge is 0.289 e. The number of aromatic nitrogens is 2. The van der Waals surface area contributed by atoms with Crippen LogP contribution in [-0.4, -0.2) is 28.9 Å². The zero-order valence-corrected chi connectivity index (χ0v) is 16.6. The molecule has 1 heterocycles. The molecule has 0 saturated heterocycles. The maximum Gasteiger partial charge on any atom is 0.289 e. The Labute approximate surface area is 172 Å². The van der Waals surface area contributed by atoms with E-state index in [4.69, 9.17) is 27.9 Å². The van der Waals surface area contributed by atoms with E-state index in [1.165, 1.54) is 6.21 Å². The number of hydrogen-bond donors (Lipinski definition) is 2. The number of hydrogen-bond acceptors (Lipinski definition) is 4. The number of amides is 1. The molecule has 2 N–H and O–H groups in total. The molecule has 144 valence electrons. The van der Waals surface area contributed by atoms with Crippen molar-refractivity contribution in [3.8, 4) is 17.0 Å². The summed E-state index contributed by atoms with van der Waals surface area (Å²) in [7, 11) is 0. The lowest BCUT2D eigenvalue weighted by Gasteiger charge is -2.04. The number of benzene rings is 2.